The Balaban J connectivity index is 1.57. The molecule has 0 spiro atoms. The van der Waals surface area contributed by atoms with Gasteiger partial charge in [-0.1, -0.05) is 42.5 Å². The van der Waals surface area contributed by atoms with E-state index >= 15 is 0 Å². The van der Waals surface area contributed by atoms with Crippen LogP contribution in [-0.4, -0.2) is 55.8 Å². The lowest BCUT2D eigenvalue weighted by atomic mass is 10.1. The minimum absolute atomic E-state index is 0.0796. The van der Waals surface area contributed by atoms with E-state index in [-0.39, 0.29) is 11.9 Å². The predicted octanol–water partition coefficient (Wildman–Crippen LogP) is 3.25. The molecule has 0 aromatic heterocycles. The first-order valence-electron chi connectivity index (χ1n) is 10.1. The molecule has 3 rings (SSSR count). The number of hydrogen-bond donors (Lipinski definition) is 1. The van der Waals surface area contributed by atoms with E-state index in [2.05, 4.69) is 5.32 Å². The Labute approximate surface area is 179 Å². The Morgan fingerprint density at radius 2 is 1.70 bits per heavy atom. The van der Waals surface area contributed by atoms with Gasteiger partial charge in [0.1, 0.15) is 0 Å². The maximum absolute atomic E-state index is 12.7. The highest BCUT2D eigenvalue weighted by Crippen LogP contribution is 2.18. The summed E-state index contributed by atoms with van der Waals surface area (Å²) in [6.07, 6.45) is 1.61. The second-order valence-electron chi connectivity index (χ2n) is 7.68. The number of hydrogen-bond acceptors (Lipinski definition) is 4. The number of sulfonamides is 1. The third-order valence-electron chi connectivity index (χ3n) is 5.44. The quantitative estimate of drug-likeness (QED) is 0.768. The standard InChI is InChI=1S/C23H29N3O3S/c1-18-9-10-19(2)22(17-18)24-23(27)20(3)25-12-14-26(15-13-25)30(28,29)16-11-21-7-5-4-6-8-21/h4-11,16-17,20H,12-15H2,1-3H3,(H,24,27)/b16-11+/t20-/m0/s1. The highest BCUT2D eigenvalue weighted by Gasteiger charge is 2.29. The van der Waals surface area contributed by atoms with Crippen molar-refractivity contribution in [1.82, 2.24) is 9.21 Å². The van der Waals surface area contributed by atoms with Crippen molar-refractivity contribution in [3.63, 3.8) is 0 Å². The molecule has 2 aromatic rings. The molecule has 2 aromatic carbocycles. The molecular weight excluding hydrogens is 398 g/mol. The maximum Gasteiger partial charge on any atom is 0.241 e. The van der Waals surface area contributed by atoms with Gasteiger partial charge in [-0.05, 0) is 49.6 Å². The van der Waals surface area contributed by atoms with E-state index in [0.717, 1.165) is 22.4 Å². The minimum atomic E-state index is -3.48. The summed E-state index contributed by atoms with van der Waals surface area (Å²) in [5.41, 5.74) is 3.77. The number of carbonyl (C=O) groups is 1. The molecule has 30 heavy (non-hydrogen) atoms. The summed E-state index contributed by atoms with van der Waals surface area (Å²) in [5.74, 6) is -0.0796. The molecule has 1 amide bonds. The Hall–Kier alpha value is -2.48. The van der Waals surface area contributed by atoms with Gasteiger partial charge in [-0.3, -0.25) is 9.69 Å². The average molecular weight is 428 g/mol. The van der Waals surface area contributed by atoms with E-state index in [1.807, 2.05) is 74.2 Å². The van der Waals surface area contributed by atoms with E-state index in [1.54, 1.807) is 6.08 Å². The predicted molar refractivity (Wildman–Crippen MR) is 122 cm³/mol. The molecule has 7 heteroatoms. The van der Waals surface area contributed by atoms with Crippen molar-refractivity contribution in [3.8, 4) is 0 Å². The van der Waals surface area contributed by atoms with Crippen LogP contribution in [0.2, 0.25) is 0 Å². The van der Waals surface area contributed by atoms with Gasteiger partial charge in [0.25, 0.3) is 0 Å². The number of piperazine rings is 1. The monoisotopic (exact) mass is 427 g/mol. The van der Waals surface area contributed by atoms with Crippen molar-refractivity contribution in [2.45, 2.75) is 26.8 Å². The van der Waals surface area contributed by atoms with Crippen LogP contribution in [0.3, 0.4) is 0 Å². The van der Waals surface area contributed by atoms with Gasteiger partial charge in [-0.2, -0.15) is 4.31 Å². The third kappa shape index (κ3) is 5.56. The van der Waals surface area contributed by atoms with Crippen LogP contribution in [0.1, 0.15) is 23.6 Å². The Bertz CT molecular complexity index is 1010. The number of carbonyl (C=O) groups excluding carboxylic acids is 1. The average Bonchev–Trinajstić information content (AvgIpc) is 2.75. The highest BCUT2D eigenvalue weighted by atomic mass is 32.2. The molecule has 6 nitrogen and oxygen atoms in total. The van der Waals surface area contributed by atoms with Crippen LogP contribution in [0.25, 0.3) is 6.08 Å². The summed E-state index contributed by atoms with van der Waals surface area (Å²) in [4.78, 5) is 14.7. The molecular formula is C23H29N3O3S. The van der Waals surface area contributed by atoms with Crippen molar-refractivity contribution < 1.29 is 13.2 Å². The largest absolute Gasteiger partial charge is 0.324 e. The SMILES string of the molecule is Cc1ccc(C)c(NC(=O)[C@H](C)N2CCN(S(=O)(=O)/C=C/c3ccccc3)CC2)c1. The van der Waals surface area contributed by atoms with E-state index in [0.29, 0.717) is 26.2 Å². The summed E-state index contributed by atoms with van der Waals surface area (Å²) in [6.45, 7) is 7.57. The summed E-state index contributed by atoms with van der Waals surface area (Å²) < 4.78 is 26.7. The Kier molecular flexibility index (Phi) is 7.07. The number of nitrogens with one attached hydrogen (secondary N) is 1. The van der Waals surface area contributed by atoms with Gasteiger partial charge in [0.05, 0.1) is 6.04 Å². The first kappa shape index (κ1) is 22.2. The van der Waals surface area contributed by atoms with Crippen molar-refractivity contribution in [1.29, 1.82) is 0 Å². The van der Waals surface area contributed by atoms with Gasteiger partial charge in [0.2, 0.25) is 15.9 Å². The number of aryl methyl sites for hydroxylation is 2. The number of anilines is 1. The zero-order valence-corrected chi connectivity index (χ0v) is 18.5. The third-order valence-corrected chi connectivity index (χ3v) is 7.01. The smallest absolute Gasteiger partial charge is 0.241 e. The molecule has 0 bridgehead atoms. The normalized spacial score (nSPS) is 17.2. The van der Waals surface area contributed by atoms with Crippen LogP contribution in [0.5, 0.6) is 0 Å². The van der Waals surface area contributed by atoms with Gasteiger partial charge >= 0.3 is 0 Å². The minimum Gasteiger partial charge on any atom is -0.324 e. The molecule has 1 saturated heterocycles. The van der Waals surface area contributed by atoms with E-state index in [9.17, 15) is 13.2 Å². The second kappa shape index (κ2) is 9.55. The maximum atomic E-state index is 12.7. The zero-order valence-electron chi connectivity index (χ0n) is 17.7. The van der Waals surface area contributed by atoms with Gasteiger partial charge in [0.15, 0.2) is 0 Å². The van der Waals surface area contributed by atoms with Crippen molar-refractivity contribution >= 4 is 27.7 Å². The highest BCUT2D eigenvalue weighted by molar-refractivity contribution is 7.92. The molecule has 1 aliphatic rings. The zero-order chi connectivity index (χ0) is 21.7. The lowest BCUT2D eigenvalue weighted by molar-refractivity contribution is -0.121. The van der Waals surface area contributed by atoms with Crippen LogP contribution < -0.4 is 5.32 Å². The van der Waals surface area contributed by atoms with Crippen LogP contribution in [0.15, 0.2) is 53.9 Å². The lowest BCUT2D eigenvalue weighted by Gasteiger charge is -2.36. The molecule has 1 heterocycles. The first-order valence-corrected chi connectivity index (χ1v) is 11.6. The number of amides is 1. The molecule has 1 fully saturated rings. The summed E-state index contributed by atoms with van der Waals surface area (Å²) >= 11 is 0. The van der Waals surface area contributed by atoms with Crippen LogP contribution in [-0.2, 0) is 14.8 Å². The lowest BCUT2D eigenvalue weighted by Crippen LogP contribution is -2.53. The van der Waals surface area contributed by atoms with Gasteiger partial charge < -0.3 is 5.32 Å². The van der Waals surface area contributed by atoms with E-state index < -0.39 is 10.0 Å². The summed E-state index contributed by atoms with van der Waals surface area (Å²) in [6, 6.07) is 15.0. The fourth-order valence-electron chi connectivity index (χ4n) is 3.43. The van der Waals surface area contributed by atoms with Crippen LogP contribution in [0.4, 0.5) is 5.69 Å². The molecule has 0 saturated carbocycles. The molecule has 0 radical (unpaired) electrons. The second-order valence-corrected chi connectivity index (χ2v) is 9.50. The number of rotatable bonds is 6. The van der Waals surface area contributed by atoms with Gasteiger partial charge in [-0.15, -0.1) is 0 Å². The van der Waals surface area contributed by atoms with Crippen LogP contribution >= 0.6 is 0 Å². The topological polar surface area (TPSA) is 69.7 Å². The number of nitrogens with zero attached hydrogens (tertiary/aromatic N) is 2. The van der Waals surface area contributed by atoms with E-state index in [4.69, 9.17) is 0 Å². The van der Waals surface area contributed by atoms with Crippen molar-refractivity contribution in [2.24, 2.45) is 0 Å². The van der Waals surface area contributed by atoms with Crippen LogP contribution in [0, 0.1) is 13.8 Å². The van der Waals surface area contributed by atoms with Crippen molar-refractivity contribution in [3.05, 3.63) is 70.6 Å². The van der Waals surface area contributed by atoms with Gasteiger partial charge in [-0.25, -0.2) is 8.42 Å². The Morgan fingerprint density at radius 1 is 1.03 bits per heavy atom. The fourth-order valence-corrected chi connectivity index (χ4v) is 4.61. The summed E-state index contributed by atoms with van der Waals surface area (Å²) in [5, 5.41) is 4.26. The molecule has 0 aliphatic carbocycles. The van der Waals surface area contributed by atoms with E-state index in [1.165, 1.54) is 9.71 Å². The fraction of sp³-hybridized carbons (Fsp3) is 0.348. The molecule has 160 valence electrons. The first-order chi connectivity index (χ1) is 14.3. The molecule has 1 aliphatic heterocycles. The number of benzene rings is 2. The molecule has 1 N–H and O–H groups in total. The summed E-state index contributed by atoms with van der Waals surface area (Å²) in [7, 11) is -3.48. The van der Waals surface area contributed by atoms with Gasteiger partial charge in [0, 0.05) is 37.3 Å². The molecule has 1 atom stereocenters. The van der Waals surface area contributed by atoms with Crippen molar-refractivity contribution in [2.75, 3.05) is 31.5 Å². The Morgan fingerprint density at radius 3 is 2.37 bits per heavy atom. The molecule has 0 unspecified atom stereocenters.